The summed E-state index contributed by atoms with van der Waals surface area (Å²) < 4.78 is 5.57. The van der Waals surface area contributed by atoms with Crippen molar-refractivity contribution in [1.82, 2.24) is 4.98 Å². The van der Waals surface area contributed by atoms with E-state index >= 15 is 0 Å². The van der Waals surface area contributed by atoms with Gasteiger partial charge >= 0.3 is 5.97 Å². The molecule has 1 aromatic rings. The lowest BCUT2D eigenvalue weighted by Crippen LogP contribution is -2.37. The predicted octanol–water partition coefficient (Wildman–Crippen LogP) is 4.02. The molecule has 2 fully saturated rings. The highest BCUT2D eigenvalue weighted by Crippen LogP contribution is 2.50. The normalized spacial score (nSPS) is 36.3. The molecule has 1 aromatic heterocycles. The zero-order valence-corrected chi connectivity index (χ0v) is 13.5. The van der Waals surface area contributed by atoms with Crippen molar-refractivity contribution in [3.05, 3.63) is 47.8 Å². The van der Waals surface area contributed by atoms with Crippen molar-refractivity contribution in [3.63, 3.8) is 0 Å². The van der Waals surface area contributed by atoms with Gasteiger partial charge in [-0.2, -0.15) is 0 Å². The van der Waals surface area contributed by atoms with E-state index in [2.05, 4.69) is 36.2 Å². The van der Waals surface area contributed by atoms with Gasteiger partial charge in [0.1, 0.15) is 6.10 Å². The van der Waals surface area contributed by atoms with Crippen molar-refractivity contribution >= 4 is 12.0 Å². The highest BCUT2D eigenvalue weighted by molar-refractivity contribution is 5.78. The van der Waals surface area contributed by atoms with E-state index in [0.29, 0.717) is 11.8 Å². The quantitative estimate of drug-likeness (QED) is 0.612. The maximum atomic E-state index is 12.2. The SMILES string of the molecule is C[C@H]1OC(=O)[C@@H]2C=C3CCCC[C@H]3[C@H](/C=C/c3cccnc3)[C@H]12. The zero-order chi connectivity index (χ0) is 15.8. The Morgan fingerprint density at radius 2 is 2.26 bits per heavy atom. The van der Waals surface area contributed by atoms with Gasteiger partial charge in [-0.05, 0) is 49.7 Å². The molecule has 2 heterocycles. The van der Waals surface area contributed by atoms with E-state index in [0.717, 1.165) is 12.0 Å². The standard InChI is InChI=1S/C20H23NO2/c1-13-19-17(9-8-14-5-4-10-21-12-14)16-7-3-2-6-15(16)11-18(19)20(22)23-13/h4-5,8-13,16-19H,2-3,6-7H2,1H3/b9-8+/t13-,16-,17+,18-,19+/m1/s1. The Kier molecular flexibility index (Phi) is 3.80. The van der Waals surface area contributed by atoms with Crippen molar-refractivity contribution in [1.29, 1.82) is 0 Å². The van der Waals surface area contributed by atoms with E-state index in [9.17, 15) is 4.79 Å². The van der Waals surface area contributed by atoms with Crippen molar-refractivity contribution in [3.8, 4) is 0 Å². The summed E-state index contributed by atoms with van der Waals surface area (Å²) in [6.45, 7) is 2.05. The number of cyclic esters (lactones) is 1. The smallest absolute Gasteiger partial charge is 0.313 e. The van der Waals surface area contributed by atoms with Crippen LogP contribution in [-0.4, -0.2) is 17.1 Å². The van der Waals surface area contributed by atoms with Crippen molar-refractivity contribution in [2.75, 3.05) is 0 Å². The summed E-state index contributed by atoms with van der Waals surface area (Å²) in [5.74, 6) is 1.18. The number of carbonyl (C=O) groups is 1. The number of nitrogens with zero attached hydrogens (tertiary/aromatic N) is 1. The van der Waals surface area contributed by atoms with Crippen LogP contribution in [-0.2, 0) is 9.53 Å². The molecule has 0 radical (unpaired) electrons. The molecule has 1 saturated heterocycles. The largest absolute Gasteiger partial charge is 0.462 e. The average molecular weight is 309 g/mol. The molecule has 0 spiro atoms. The van der Waals surface area contributed by atoms with Gasteiger partial charge in [-0.1, -0.05) is 36.3 Å². The first-order valence-corrected chi connectivity index (χ1v) is 8.73. The van der Waals surface area contributed by atoms with E-state index < -0.39 is 0 Å². The number of fused-ring (bicyclic) bond motifs is 2. The first kappa shape index (κ1) is 14.7. The fourth-order valence-corrected chi connectivity index (χ4v) is 4.69. The van der Waals surface area contributed by atoms with Crippen LogP contribution in [0.1, 0.15) is 38.2 Å². The Morgan fingerprint density at radius 3 is 3.09 bits per heavy atom. The highest BCUT2D eigenvalue weighted by Gasteiger charge is 2.50. The van der Waals surface area contributed by atoms with Crippen molar-refractivity contribution in [2.45, 2.75) is 38.7 Å². The second kappa shape index (κ2) is 5.95. The third-order valence-electron chi connectivity index (χ3n) is 5.74. The number of hydrogen-bond acceptors (Lipinski definition) is 3. The lowest BCUT2D eigenvalue weighted by atomic mass is 9.62. The molecule has 5 atom stereocenters. The van der Waals surface area contributed by atoms with Gasteiger partial charge < -0.3 is 4.74 Å². The molecule has 120 valence electrons. The molecule has 0 unspecified atom stereocenters. The molecule has 2 aliphatic carbocycles. The molecule has 0 amide bonds. The molecular formula is C20H23NO2. The van der Waals surface area contributed by atoms with E-state index in [-0.39, 0.29) is 23.9 Å². The van der Waals surface area contributed by atoms with Crippen LogP contribution in [0.3, 0.4) is 0 Å². The predicted molar refractivity (Wildman–Crippen MR) is 89.3 cm³/mol. The Labute approximate surface area is 137 Å². The molecule has 3 heteroatoms. The van der Waals surface area contributed by atoms with Gasteiger partial charge in [-0.3, -0.25) is 9.78 Å². The maximum absolute atomic E-state index is 12.2. The molecule has 0 bridgehead atoms. The van der Waals surface area contributed by atoms with Gasteiger partial charge in [0.25, 0.3) is 0 Å². The second-order valence-electron chi connectivity index (χ2n) is 7.06. The summed E-state index contributed by atoms with van der Waals surface area (Å²) in [6, 6.07) is 4.03. The third kappa shape index (κ3) is 2.62. The highest BCUT2D eigenvalue weighted by atomic mass is 16.6. The molecule has 1 aliphatic heterocycles. The molecule has 1 saturated carbocycles. The fraction of sp³-hybridized carbons (Fsp3) is 0.500. The minimum absolute atomic E-state index is 0.00998. The van der Waals surface area contributed by atoms with Crippen molar-refractivity contribution < 1.29 is 9.53 Å². The van der Waals surface area contributed by atoms with E-state index in [1.165, 1.54) is 24.8 Å². The summed E-state index contributed by atoms with van der Waals surface area (Å²) >= 11 is 0. The van der Waals surface area contributed by atoms with Crippen LogP contribution < -0.4 is 0 Å². The van der Waals surface area contributed by atoms with Gasteiger partial charge in [0, 0.05) is 18.3 Å². The number of aromatic nitrogens is 1. The number of hydrogen-bond donors (Lipinski definition) is 0. The molecule has 0 aromatic carbocycles. The van der Waals surface area contributed by atoms with Crippen LogP contribution in [0.5, 0.6) is 0 Å². The third-order valence-corrected chi connectivity index (χ3v) is 5.74. The number of carbonyl (C=O) groups excluding carboxylic acids is 1. The molecule has 3 aliphatic rings. The Balaban J connectivity index is 1.68. The average Bonchev–Trinajstić information content (AvgIpc) is 2.87. The minimum atomic E-state index is -0.0436. The Bertz CT molecular complexity index is 649. The van der Waals surface area contributed by atoms with Crippen LogP contribution >= 0.6 is 0 Å². The Hall–Kier alpha value is -1.90. The first-order chi connectivity index (χ1) is 11.2. The summed E-state index contributed by atoms with van der Waals surface area (Å²) in [4.78, 5) is 16.4. The molecule has 0 N–H and O–H groups in total. The summed E-state index contributed by atoms with van der Waals surface area (Å²) in [6.07, 6.45) is 15.3. The van der Waals surface area contributed by atoms with Crippen molar-refractivity contribution in [2.24, 2.45) is 23.7 Å². The minimum Gasteiger partial charge on any atom is -0.462 e. The topological polar surface area (TPSA) is 39.2 Å². The lowest BCUT2D eigenvalue weighted by Gasteiger charge is -2.40. The molecular weight excluding hydrogens is 286 g/mol. The summed E-state index contributed by atoms with van der Waals surface area (Å²) in [5.41, 5.74) is 2.61. The van der Waals surface area contributed by atoms with Gasteiger partial charge in [-0.25, -0.2) is 0 Å². The van der Waals surface area contributed by atoms with Gasteiger partial charge in [0.2, 0.25) is 0 Å². The number of rotatable bonds is 2. The Morgan fingerprint density at radius 1 is 1.35 bits per heavy atom. The van der Waals surface area contributed by atoms with Crippen LogP contribution in [0.25, 0.3) is 6.08 Å². The van der Waals surface area contributed by atoms with Gasteiger partial charge in [0.15, 0.2) is 0 Å². The molecule has 23 heavy (non-hydrogen) atoms. The van der Waals surface area contributed by atoms with Crippen LogP contribution in [0, 0.1) is 23.7 Å². The van der Waals surface area contributed by atoms with Gasteiger partial charge in [0.05, 0.1) is 5.92 Å². The number of ether oxygens (including phenoxy) is 1. The molecule has 4 rings (SSSR count). The number of allylic oxidation sites excluding steroid dienone is 2. The maximum Gasteiger partial charge on any atom is 0.313 e. The van der Waals surface area contributed by atoms with E-state index in [4.69, 9.17) is 4.74 Å². The number of pyridine rings is 1. The zero-order valence-electron chi connectivity index (χ0n) is 13.5. The lowest BCUT2D eigenvalue weighted by molar-refractivity contribution is -0.142. The van der Waals surface area contributed by atoms with Crippen LogP contribution in [0.4, 0.5) is 0 Å². The van der Waals surface area contributed by atoms with Crippen LogP contribution in [0.15, 0.2) is 42.3 Å². The monoisotopic (exact) mass is 309 g/mol. The van der Waals surface area contributed by atoms with Gasteiger partial charge in [-0.15, -0.1) is 0 Å². The fourth-order valence-electron chi connectivity index (χ4n) is 4.69. The summed E-state index contributed by atoms with van der Waals surface area (Å²) in [7, 11) is 0. The van der Waals surface area contributed by atoms with E-state index in [1.807, 2.05) is 12.3 Å². The summed E-state index contributed by atoms with van der Waals surface area (Å²) in [5, 5.41) is 0. The number of esters is 1. The van der Waals surface area contributed by atoms with Crippen LogP contribution in [0.2, 0.25) is 0 Å². The molecule has 3 nitrogen and oxygen atoms in total. The first-order valence-electron chi connectivity index (χ1n) is 8.73. The second-order valence-corrected chi connectivity index (χ2v) is 7.06. The van der Waals surface area contributed by atoms with E-state index in [1.54, 1.807) is 6.20 Å².